The highest BCUT2D eigenvalue weighted by Crippen LogP contribution is 2.23. The zero-order valence-corrected chi connectivity index (χ0v) is 15.4. The summed E-state index contributed by atoms with van der Waals surface area (Å²) in [5, 5.41) is 5.98. The molecule has 1 aliphatic rings. The Balaban J connectivity index is 1.35. The van der Waals surface area contributed by atoms with Crippen molar-refractivity contribution in [2.75, 3.05) is 31.1 Å². The van der Waals surface area contributed by atoms with Crippen molar-refractivity contribution in [3.63, 3.8) is 0 Å². The van der Waals surface area contributed by atoms with Crippen LogP contribution in [0.15, 0.2) is 35.7 Å². The van der Waals surface area contributed by atoms with Crippen molar-refractivity contribution < 1.29 is 4.79 Å². The summed E-state index contributed by atoms with van der Waals surface area (Å²) < 4.78 is 0. The number of nitrogens with zero attached hydrogens (tertiary/aromatic N) is 2. The predicted octanol–water partition coefficient (Wildman–Crippen LogP) is 3.26. The van der Waals surface area contributed by atoms with Crippen molar-refractivity contribution in [2.45, 2.75) is 19.4 Å². The van der Waals surface area contributed by atoms with Crippen molar-refractivity contribution in [3.8, 4) is 10.6 Å². The molecule has 0 atom stereocenters. The van der Waals surface area contributed by atoms with E-state index in [-0.39, 0.29) is 5.91 Å². The summed E-state index contributed by atoms with van der Waals surface area (Å²) in [5.41, 5.74) is 2.05. The summed E-state index contributed by atoms with van der Waals surface area (Å²) in [6.45, 7) is 4.06. The lowest BCUT2D eigenvalue weighted by Gasteiger charge is -2.13. The van der Waals surface area contributed by atoms with Gasteiger partial charge < -0.3 is 10.2 Å². The van der Waals surface area contributed by atoms with Crippen molar-refractivity contribution in [2.24, 2.45) is 0 Å². The number of thiazole rings is 1. The molecule has 0 saturated carbocycles. The third-order valence-corrected chi connectivity index (χ3v) is 5.90. The van der Waals surface area contributed by atoms with Gasteiger partial charge in [-0.3, -0.25) is 4.79 Å². The van der Waals surface area contributed by atoms with E-state index >= 15 is 0 Å². The lowest BCUT2D eigenvalue weighted by atomic mass is 10.2. The molecule has 1 fully saturated rings. The first kappa shape index (κ1) is 17.5. The van der Waals surface area contributed by atoms with Gasteiger partial charge >= 0.3 is 0 Å². The van der Waals surface area contributed by atoms with Crippen molar-refractivity contribution in [3.05, 3.63) is 41.4 Å². The van der Waals surface area contributed by atoms with Gasteiger partial charge in [-0.1, -0.05) is 30.3 Å². The molecule has 1 aromatic carbocycles. The third-order valence-electron chi connectivity index (χ3n) is 4.02. The number of hydrogen-bond donors (Lipinski definition) is 1. The Morgan fingerprint density at radius 1 is 1.25 bits per heavy atom. The van der Waals surface area contributed by atoms with E-state index in [0.29, 0.717) is 12.3 Å². The Labute approximate surface area is 151 Å². The Morgan fingerprint density at radius 3 is 2.83 bits per heavy atom. The van der Waals surface area contributed by atoms with Crippen LogP contribution in [0.5, 0.6) is 0 Å². The van der Waals surface area contributed by atoms with Gasteiger partial charge in [0.15, 0.2) is 0 Å². The van der Waals surface area contributed by atoms with E-state index in [2.05, 4.69) is 27.3 Å². The van der Waals surface area contributed by atoms with E-state index < -0.39 is 0 Å². The molecule has 0 spiro atoms. The molecule has 0 aliphatic carbocycles. The molecule has 24 heavy (non-hydrogen) atoms. The van der Waals surface area contributed by atoms with Gasteiger partial charge in [-0.25, -0.2) is 4.98 Å². The van der Waals surface area contributed by atoms with Crippen LogP contribution in [0.25, 0.3) is 10.6 Å². The van der Waals surface area contributed by atoms with Crippen LogP contribution in [0.3, 0.4) is 0 Å². The molecular weight excluding hydrogens is 338 g/mol. The van der Waals surface area contributed by atoms with Crippen LogP contribution >= 0.6 is 23.1 Å². The topological polar surface area (TPSA) is 45.2 Å². The highest BCUT2D eigenvalue weighted by Gasteiger charge is 2.11. The number of amides is 1. The zero-order valence-electron chi connectivity index (χ0n) is 13.7. The van der Waals surface area contributed by atoms with Gasteiger partial charge in [0, 0.05) is 23.2 Å². The fourth-order valence-electron chi connectivity index (χ4n) is 2.71. The summed E-state index contributed by atoms with van der Waals surface area (Å²) in [7, 11) is 0. The fourth-order valence-corrected chi connectivity index (χ4v) is 4.35. The number of benzene rings is 1. The number of hydrogen-bond acceptors (Lipinski definition) is 5. The molecule has 6 heteroatoms. The molecule has 0 unspecified atom stereocenters. The maximum absolute atomic E-state index is 11.9. The molecule has 3 rings (SSSR count). The first-order valence-electron chi connectivity index (χ1n) is 8.38. The number of carbonyl (C=O) groups excluding carboxylic acids is 1. The average molecular weight is 362 g/mol. The normalized spacial score (nSPS) is 14.8. The number of likely N-dealkylation sites (tertiary alicyclic amines) is 1. The Kier molecular flexibility index (Phi) is 6.69. The molecule has 1 aromatic heterocycles. The summed E-state index contributed by atoms with van der Waals surface area (Å²) in [5.74, 6) is 1.65. The molecule has 0 bridgehead atoms. The van der Waals surface area contributed by atoms with Crippen LogP contribution in [-0.4, -0.2) is 46.9 Å². The average Bonchev–Trinajstić information content (AvgIpc) is 3.29. The second kappa shape index (κ2) is 9.20. The number of carbonyl (C=O) groups is 1. The minimum absolute atomic E-state index is 0.0932. The van der Waals surface area contributed by atoms with Crippen LogP contribution in [-0.2, 0) is 11.3 Å². The van der Waals surface area contributed by atoms with E-state index in [1.165, 1.54) is 25.9 Å². The standard InChI is InChI=1S/C18H23N3OS2/c22-17(14-23-11-10-21-8-4-5-9-21)19-12-16-13-24-18(20-16)15-6-2-1-3-7-15/h1-3,6-7,13H,4-5,8-12,14H2,(H,19,22). The van der Waals surface area contributed by atoms with Crippen molar-refractivity contribution in [1.82, 2.24) is 15.2 Å². The van der Waals surface area contributed by atoms with Gasteiger partial charge in [-0.05, 0) is 25.9 Å². The van der Waals surface area contributed by atoms with E-state index in [1.54, 1.807) is 23.1 Å². The largest absolute Gasteiger partial charge is 0.350 e. The van der Waals surface area contributed by atoms with E-state index in [1.807, 2.05) is 23.6 Å². The lowest BCUT2D eigenvalue weighted by molar-refractivity contribution is -0.118. The number of thioether (sulfide) groups is 1. The van der Waals surface area contributed by atoms with E-state index in [9.17, 15) is 4.79 Å². The highest BCUT2D eigenvalue weighted by atomic mass is 32.2. The van der Waals surface area contributed by atoms with Crippen LogP contribution in [0, 0.1) is 0 Å². The van der Waals surface area contributed by atoms with Crippen LogP contribution < -0.4 is 5.32 Å². The molecule has 2 aromatic rings. The van der Waals surface area contributed by atoms with Crippen molar-refractivity contribution in [1.29, 1.82) is 0 Å². The maximum atomic E-state index is 11.9. The lowest BCUT2D eigenvalue weighted by Crippen LogP contribution is -2.26. The molecule has 128 valence electrons. The molecule has 2 heterocycles. The fraction of sp³-hybridized carbons (Fsp3) is 0.444. The smallest absolute Gasteiger partial charge is 0.230 e. The minimum Gasteiger partial charge on any atom is -0.350 e. The maximum Gasteiger partial charge on any atom is 0.230 e. The Bertz CT molecular complexity index is 639. The van der Waals surface area contributed by atoms with Crippen LogP contribution in [0.4, 0.5) is 0 Å². The molecule has 1 saturated heterocycles. The summed E-state index contributed by atoms with van der Waals surface area (Å²) in [6, 6.07) is 10.1. The Hall–Kier alpha value is -1.37. The monoisotopic (exact) mass is 361 g/mol. The third kappa shape index (κ3) is 5.33. The van der Waals surface area contributed by atoms with Gasteiger partial charge in [0.25, 0.3) is 0 Å². The van der Waals surface area contributed by atoms with Gasteiger partial charge in [0.1, 0.15) is 5.01 Å². The highest BCUT2D eigenvalue weighted by molar-refractivity contribution is 7.99. The number of rotatable bonds is 8. The van der Waals surface area contributed by atoms with Gasteiger partial charge in [-0.2, -0.15) is 11.8 Å². The van der Waals surface area contributed by atoms with Gasteiger partial charge in [0.2, 0.25) is 5.91 Å². The van der Waals surface area contributed by atoms with Crippen LogP contribution in [0.2, 0.25) is 0 Å². The molecule has 4 nitrogen and oxygen atoms in total. The quantitative estimate of drug-likeness (QED) is 0.733. The minimum atomic E-state index is 0.0932. The number of nitrogens with one attached hydrogen (secondary N) is 1. The molecule has 1 N–H and O–H groups in total. The van der Waals surface area contributed by atoms with Crippen LogP contribution in [0.1, 0.15) is 18.5 Å². The molecule has 1 amide bonds. The molecule has 0 radical (unpaired) electrons. The van der Waals surface area contributed by atoms with Crippen molar-refractivity contribution >= 4 is 29.0 Å². The zero-order chi connectivity index (χ0) is 16.6. The molecular formula is C18H23N3OS2. The second-order valence-electron chi connectivity index (χ2n) is 5.89. The van der Waals surface area contributed by atoms with E-state index in [4.69, 9.17) is 0 Å². The summed E-state index contributed by atoms with van der Waals surface area (Å²) in [4.78, 5) is 19.0. The molecule has 1 aliphatic heterocycles. The second-order valence-corrected chi connectivity index (χ2v) is 7.85. The number of aromatic nitrogens is 1. The predicted molar refractivity (Wildman–Crippen MR) is 102 cm³/mol. The van der Waals surface area contributed by atoms with E-state index in [0.717, 1.165) is 28.6 Å². The first-order chi connectivity index (χ1) is 11.8. The Morgan fingerprint density at radius 2 is 2.04 bits per heavy atom. The summed E-state index contributed by atoms with van der Waals surface area (Å²) in [6.07, 6.45) is 2.65. The SMILES string of the molecule is O=C(CSCCN1CCCC1)NCc1csc(-c2ccccc2)n1. The van der Waals surface area contributed by atoms with Gasteiger partial charge in [0.05, 0.1) is 18.0 Å². The first-order valence-corrected chi connectivity index (χ1v) is 10.4. The summed E-state index contributed by atoms with van der Waals surface area (Å²) >= 11 is 3.33. The van der Waals surface area contributed by atoms with Gasteiger partial charge in [-0.15, -0.1) is 11.3 Å².